The molecule has 3 aromatic rings. The van der Waals surface area contributed by atoms with Gasteiger partial charge in [-0.1, -0.05) is 30.3 Å². The van der Waals surface area contributed by atoms with E-state index in [9.17, 15) is 5.11 Å². The fourth-order valence-corrected chi connectivity index (χ4v) is 3.58. The van der Waals surface area contributed by atoms with Crippen molar-refractivity contribution < 1.29 is 5.11 Å². The van der Waals surface area contributed by atoms with E-state index in [1.165, 1.54) is 22.3 Å². The molecule has 1 aliphatic heterocycles. The van der Waals surface area contributed by atoms with Crippen LogP contribution in [-0.4, -0.2) is 16.3 Å². The lowest BCUT2D eigenvalue weighted by atomic mass is 9.89. The van der Waals surface area contributed by atoms with Crippen molar-refractivity contribution >= 4 is 16.6 Å². The van der Waals surface area contributed by atoms with Gasteiger partial charge in [0, 0.05) is 17.7 Å². The maximum absolute atomic E-state index is 9.26. The number of para-hydroxylation sites is 3. The number of aromatic nitrogens is 1. The van der Waals surface area contributed by atoms with Crippen molar-refractivity contribution in [1.82, 2.24) is 4.57 Å². The van der Waals surface area contributed by atoms with E-state index in [0.29, 0.717) is 0 Å². The Morgan fingerprint density at radius 3 is 2.73 bits per heavy atom. The number of nitrogens with zero attached hydrogens (tertiary/aromatic N) is 1. The first kappa shape index (κ1) is 13.4. The predicted molar refractivity (Wildman–Crippen MR) is 90.6 cm³/mol. The topological polar surface area (TPSA) is 37.2 Å². The summed E-state index contributed by atoms with van der Waals surface area (Å²) in [7, 11) is 0. The van der Waals surface area contributed by atoms with E-state index in [0.717, 1.165) is 18.5 Å². The lowest BCUT2D eigenvalue weighted by molar-refractivity contribution is 0.268. The van der Waals surface area contributed by atoms with Crippen molar-refractivity contribution in [2.45, 2.75) is 25.3 Å². The third kappa shape index (κ3) is 1.86. The quantitative estimate of drug-likeness (QED) is 0.764. The van der Waals surface area contributed by atoms with Gasteiger partial charge in [0.15, 0.2) is 0 Å². The van der Waals surface area contributed by atoms with Crippen LogP contribution in [-0.2, 0) is 5.54 Å². The van der Waals surface area contributed by atoms with E-state index in [-0.39, 0.29) is 12.1 Å². The first-order valence-electron chi connectivity index (χ1n) is 7.82. The maximum atomic E-state index is 9.26. The standard InChI is InChI=1S/C19H20N2O/c1-19(11-6-12-22)18-13-14-7-2-4-9-16(14)21(18)17-10-5-3-8-15(17)20-19/h2-5,7-10,13,20,22H,6,11-12H2,1H3. The molecule has 1 aliphatic rings. The van der Waals surface area contributed by atoms with Gasteiger partial charge >= 0.3 is 0 Å². The van der Waals surface area contributed by atoms with Crippen LogP contribution in [0.5, 0.6) is 0 Å². The summed E-state index contributed by atoms with van der Waals surface area (Å²) in [6.07, 6.45) is 1.68. The molecule has 3 nitrogen and oxygen atoms in total. The second kappa shape index (κ2) is 4.89. The molecule has 2 heterocycles. The van der Waals surface area contributed by atoms with Crippen LogP contribution in [0.25, 0.3) is 16.6 Å². The van der Waals surface area contributed by atoms with Gasteiger partial charge < -0.3 is 15.0 Å². The van der Waals surface area contributed by atoms with E-state index < -0.39 is 0 Å². The molecule has 0 spiro atoms. The highest BCUT2D eigenvalue weighted by Gasteiger charge is 2.35. The van der Waals surface area contributed by atoms with Crippen molar-refractivity contribution in [1.29, 1.82) is 0 Å². The SMILES string of the molecule is CC1(CCCO)Nc2ccccc2-n2c1cc1ccccc12. The Labute approximate surface area is 130 Å². The van der Waals surface area contributed by atoms with Crippen molar-refractivity contribution in [3.63, 3.8) is 0 Å². The third-order valence-electron chi connectivity index (χ3n) is 4.67. The summed E-state index contributed by atoms with van der Waals surface area (Å²) in [5.74, 6) is 0. The molecule has 0 saturated carbocycles. The molecule has 0 radical (unpaired) electrons. The molecular formula is C19H20N2O. The van der Waals surface area contributed by atoms with Crippen LogP contribution in [0.3, 0.4) is 0 Å². The number of aliphatic hydroxyl groups excluding tert-OH is 1. The van der Waals surface area contributed by atoms with Gasteiger partial charge in [0.1, 0.15) is 0 Å². The Hall–Kier alpha value is -2.26. The van der Waals surface area contributed by atoms with Crippen molar-refractivity contribution in [3.8, 4) is 5.69 Å². The van der Waals surface area contributed by atoms with Gasteiger partial charge in [0.2, 0.25) is 0 Å². The first-order valence-corrected chi connectivity index (χ1v) is 7.82. The van der Waals surface area contributed by atoms with E-state index >= 15 is 0 Å². The molecule has 22 heavy (non-hydrogen) atoms. The number of aliphatic hydroxyl groups is 1. The fourth-order valence-electron chi connectivity index (χ4n) is 3.58. The smallest absolute Gasteiger partial charge is 0.0753 e. The zero-order chi connectivity index (χ0) is 15.2. The Balaban J connectivity index is 2.01. The molecule has 2 aromatic carbocycles. The zero-order valence-electron chi connectivity index (χ0n) is 12.7. The highest BCUT2D eigenvalue weighted by Crippen LogP contribution is 2.42. The van der Waals surface area contributed by atoms with Crippen LogP contribution in [0.4, 0.5) is 5.69 Å². The van der Waals surface area contributed by atoms with Gasteiger partial charge in [-0.3, -0.25) is 0 Å². The normalized spacial score (nSPS) is 19.5. The molecule has 0 bridgehead atoms. The molecule has 0 aliphatic carbocycles. The monoisotopic (exact) mass is 292 g/mol. The Bertz CT molecular complexity index is 836. The molecule has 3 heteroatoms. The Morgan fingerprint density at radius 1 is 1.09 bits per heavy atom. The van der Waals surface area contributed by atoms with Gasteiger partial charge in [-0.2, -0.15) is 0 Å². The minimum Gasteiger partial charge on any atom is -0.396 e. The summed E-state index contributed by atoms with van der Waals surface area (Å²) in [6.45, 7) is 2.45. The molecule has 0 fully saturated rings. The zero-order valence-corrected chi connectivity index (χ0v) is 12.7. The molecule has 2 N–H and O–H groups in total. The van der Waals surface area contributed by atoms with E-state index in [4.69, 9.17) is 0 Å². The van der Waals surface area contributed by atoms with Crippen molar-refractivity contribution in [3.05, 3.63) is 60.3 Å². The molecule has 0 saturated heterocycles. The van der Waals surface area contributed by atoms with Crippen molar-refractivity contribution in [2.75, 3.05) is 11.9 Å². The average molecular weight is 292 g/mol. The summed E-state index contributed by atoms with van der Waals surface area (Å²) in [4.78, 5) is 0. The molecule has 112 valence electrons. The molecular weight excluding hydrogens is 272 g/mol. The number of nitrogens with one attached hydrogen (secondary N) is 1. The number of rotatable bonds is 3. The van der Waals surface area contributed by atoms with Crippen LogP contribution >= 0.6 is 0 Å². The van der Waals surface area contributed by atoms with Gasteiger partial charge in [-0.25, -0.2) is 0 Å². The lowest BCUT2D eigenvalue weighted by Crippen LogP contribution is -2.37. The van der Waals surface area contributed by atoms with Crippen LogP contribution < -0.4 is 5.32 Å². The van der Waals surface area contributed by atoms with Gasteiger partial charge in [-0.15, -0.1) is 0 Å². The third-order valence-corrected chi connectivity index (χ3v) is 4.67. The van der Waals surface area contributed by atoms with E-state index in [2.05, 4.69) is 71.4 Å². The predicted octanol–water partition coefficient (Wildman–Crippen LogP) is 4.04. The number of benzene rings is 2. The van der Waals surface area contributed by atoms with Crippen LogP contribution in [0.1, 0.15) is 25.5 Å². The number of fused-ring (bicyclic) bond motifs is 5. The average Bonchev–Trinajstić information content (AvgIpc) is 2.94. The summed E-state index contributed by atoms with van der Waals surface area (Å²) in [5.41, 5.74) is 4.68. The minimum atomic E-state index is -0.171. The molecule has 4 rings (SSSR count). The van der Waals surface area contributed by atoms with Gasteiger partial charge in [-0.05, 0) is 44.0 Å². The molecule has 1 aromatic heterocycles. The van der Waals surface area contributed by atoms with Crippen molar-refractivity contribution in [2.24, 2.45) is 0 Å². The minimum absolute atomic E-state index is 0.171. The van der Waals surface area contributed by atoms with E-state index in [1.54, 1.807) is 0 Å². The van der Waals surface area contributed by atoms with Crippen LogP contribution in [0.15, 0.2) is 54.6 Å². The van der Waals surface area contributed by atoms with Crippen LogP contribution in [0, 0.1) is 0 Å². The van der Waals surface area contributed by atoms with E-state index in [1.807, 2.05) is 0 Å². The highest BCUT2D eigenvalue weighted by molar-refractivity contribution is 5.86. The maximum Gasteiger partial charge on any atom is 0.0753 e. The van der Waals surface area contributed by atoms with Gasteiger partial charge in [0.25, 0.3) is 0 Å². The molecule has 0 amide bonds. The van der Waals surface area contributed by atoms with Crippen LogP contribution in [0.2, 0.25) is 0 Å². The Kier molecular flexibility index (Phi) is 2.98. The highest BCUT2D eigenvalue weighted by atomic mass is 16.2. The largest absolute Gasteiger partial charge is 0.396 e. The first-order chi connectivity index (χ1) is 10.7. The fraction of sp³-hybridized carbons (Fsp3) is 0.263. The second-order valence-electron chi connectivity index (χ2n) is 6.23. The lowest BCUT2D eigenvalue weighted by Gasteiger charge is -2.38. The summed E-state index contributed by atoms with van der Waals surface area (Å²) < 4.78 is 2.36. The molecule has 1 atom stereocenters. The number of anilines is 1. The summed E-state index contributed by atoms with van der Waals surface area (Å²) >= 11 is 0. The summed E-state index contributed by atoms with van der Waals surface area (Å²) in [5, 5.41) is 14.2. The summed E-state index contributed by atoms with van der Waals surface area (Å²) in [6, 6.07) is 19.2. The number of hydrogen-bond donors (Lipinski definition) is 2. The number of hydrogen-bond acceptors (Lipinski definition) is 2. The Morgan fingerprint density at radius 2 is 1.86 bits per heavy atom. The van der Waals surface area contributed by atoms with Gasteiger partial charge in [0.05, 0.1) is 22.4 Å². The molecule has 1 unspecified atom stereocenters. The second-order valence-corrected chi connectivity index (χ2v) is 6.23.